The summed E-state index contributed by atoms with van der Waals surface area (Å²) in [6.45, 7) is 0. The lowest BCUT2D eigenvalue weighted by molar-refractivity contribution is 1.14. The van der Waals surface area contributed by atoms with Crippen LogP contribution in [0.25, 0.3) is 22.5 Å². The average molecular weight is 394 g/mol. The molecule has 0 saturated carbocycles. The van der Waals surface area contributed by atoms with Crippen molar-refractivity contribution in [1.82, 2.24) is 19.9 Å². The maximum Gasteiger partial charge on any atom is 0.224 e. The summed E-state index contributed by atoms with van der Waals surface area (Å²) in [5, 5.41) is 3.54. The van der Waals surface area contributed by atoms with Crippen molar-refractivity contribution in [1.29, 1.82) is 0 Å². The molecule has 2 heterocycles. The molecule has 0 aliphatic carbocycles. The number of nitrogens with one attached hydrogen (secondary N) is 1. The molecule has 4 aromatic rings. The Kier molecular flexibility index (Phi) is 4.96. The van der Waals surface area contributed by atoms with Crippen molar-refractivity contribution in [2.75, 3.05) is 5.32 Å². The molecule has 0 saturated heterocycles. The molecule has 0 atom stereocenters. The number of para-hydroxylation sites is 1. The fourth-order valence-corrected chi connectivity index (χ4v) is 2.93. The first-order valence-corrected chi connectivity index (χ1v) is 8.89. The topological polar surface area (TPSA) is 63.6 Å². The van der Waals surface area contributed by atoms with Gasteiger partial charge in [0.1, 0.15) is 5.82 Å². The van der Waals surface area contributed by atoms with Crippen LogP contribution in [0.2, 0.25) is 10.6 Å². The molecule has 0 aliphatic heterocycles. The van der Waals surface area contributed by atoms with E-state index in [1.54, 1.807) is 6.20 Å². The number of anilines is 2. The lowest BCUT2D eigenvalue weighted by atomic mass is 10.1. The average Bonchev–Trinajstić information content (AvgIpc) is 2.69. The molecule has 0 unspecified atom stereocenters. The number of nitrogens with zero attached hydrogens (tertiary/aromatic N) is 4. The minimum absolute atomic E-state index is 0.139. The second kappa shape index (κ2) is 7.70. The first-order chi connectivity index (χ1) is 13.2. The summed E-state index contributed by atoms with van der Waals surface area (Å²) in [6, 6.07) is 21.3. The number of hydrogen-bond donors (Lipinski definition) is 1. The van der Waals surface area contributed by atoms with Gasteiger partial charge < -0.3 is 5.32 Å². The van der Waals surface area contributed by atoms with E-state index in [2.05, 4.69) is 25.3 Å². The molecular weight excluding hydrogens is 381 g/mol. The molecule has 132 valence electrons. The zero-order chi connectivity index (χ0) is 18.6. The van der Waals surface area contributed by atoms with Crippen LogP contribution in [0.5, 0.6) is 0 Å². The molecule has 0 radical (unpaired) electrons. The lowest BCUT2D eigenvalue weighted by Gasteiger charge is -2.12. The predicted octanol–water partition coefficient (Wildman–Crippen LogP) is 5.65. The van der Waals surface area contributed by atoms with Crippen LogP contribution in [0, 0.1) is 0 Å². The highest BCUT2D eigenvalue weighted by molar-refractivity contribution is 6.28. The van der Waals surface area contributed by atoms with E-state index in [9.17, 15) is 0 Å². The fraction of sp³-hybridized carbons (Fsp3) is 0. The number of benzene rings is 2. The monoisotopic (exact) mass is 393 g/mol. The van der Waals surface area contributed by atoms with E-state index >= 15 is 0 Å². The number of rotatable bonds is 4. The fourth-order valence-electron chi connectivity index (χ4n) is 2.61. The summed E-state index contributed by atoms with van der Waals surface area (Å²) in [5.41, 5.74) is 3.80. The van der Waals surface area contributed by atoms with Gasteiger partial charge in [-0.3, -0.25) is 0 Å². The number of aromatic nitrogens is 4. The van der Waals surface area contributed by atoms with Gasteiger partial charge in [0.15, 0.2) is 0 Å². The van der Waals surface area contributed by atoms with Crippen molar-refractivity contribution < 1.29 is 0 Å². The molecular formula is C20H13Cl2N5. The van der Waals surface area contributed by atoms with Crippen LogP contribution >= 0.6 is 23.2 Å². The van der Waals surface area contributed by atoms with Gasteiger partial charge in [0.05, 0.1) is 17.0 Å². The largest absolute Gasteiger partial charge is 0.340 e. The van der Waals surface area contributed by atoms with Gasteiger partial charge in [-0.25, -0.2) is 15.0 Å². The standard InChI is InChI=1S/C20H13Cl2N5/c21-19-23-12-15(18(27-19)24-14-9-5-2-6-10-14)17-11-16(25-20(22)26-17)13-7-3-1-4-8-13/h1-12H,(H,23,24,27). The second-order valence-corrected chi connectivity index (χ2v) is 6.34. The molecule has 0 amide bonds. The van der Waals surface area contributed by atoms with Crippen LogP contribution in [0.15, 0.2) is 72.9 Å². The van der Waals surface area contributed by atoms with Crippen molar-refractivity contribution >= 4 is 34.7 Å². The van der Waals surface area contributed by atoms with Gasteiger partial charge in [-0.15, -0.1) is 0 Å². The third-order valence-electron chi connectivity index (χ3n) is 3.84. The van der Waals surface area contributed by atoms with Gasteiger partial charge in [0.25, 0.3) is 0 Å². The molecule has 0 fully saturated rings. The van der Waals surface area contributed by atoms with Crippen molar-refractivity contribution in [3.8, 4) is 22.5 Å². The summed E-state index contributed by atoms with van der Waals surface area (Å²) in [7, 11) is 0. The Morgan fingerprint density at radius 3 is 2.11 bits per heavy atom. The van der Waals surface area contributed by atoms with E-state index < -0.39 is 0 Å². The van der Waals surface area contributed by atoms with Crippen LogP contribution < -0.4 is 5.32 Å². The van der Waals surface area contributed by atoms with E-state index in [0.717, 1.165) is 11.3 Å². The van der Waals surface area contributed by atoms with E-state index in [0.29, 0.717) is 22.8 Å². The number of hydrogen-bond acceptors (Lipinski definition) is 5. The van der Waals surface area contributed by atoms with Crippen LogP contribution in [-0.2, 0) is 0 Å². The van der Waals surface area contributed by atoms with Crippen LogP contribution in [0.1, 0.15) is 0 Å². The first-order valence-electron chi connectivity index (χ1n) is 8.14. The van der Waals surface area contributed by atoms with Crippen molar-refractivity contribution in [2.45, 2.75) is 0 Å². The smallest absolute Gasteiger partial charge is 0.224 e. The van der Waals surface area contributed by atoms with Gasteiger partial charge in [0.2, 0.25) is 10.6 Å². The molecule has 7 heteroatoms. The first kappa shape index (κ1) is 17.4. The lowest BCUT2D eigenvalue weighted by Crippen LogP contribution is -2.00. The third kappa shape index (κ3) is 4.05. The SMILES string of the molecule is Clc1nc(-c2ccccc2)cc(-c2cnc(Cl)nc2Nc2ccccc2)n1. The molecule has 0 spiro atoms. The Labute approximate surface area is 166 Å². The zero-order valence-electron chi connectivity index (χ0n) is 14.0. The minimum atomic E-state index is 0.139. The van der Waals surface area contributed by atoms with Crippen LogP contribution in [0.4, 0.5) is 11.5 Å². The van der Waals surface area contributed by atoms with Gasteiger partial charge in [0, 0.05) is 17.4 Å². The molecule has 4 rings (SSSR count). The Morgan fingerprint density at radius 1 is 0.704 bits per heavy atom. The van der Waals surface area contributed by atoms with Crippen molar-refractivity contribution in [3.63, 3.8) is 0 Å². The maximum atomic E-state index is 6.18. The Bertz CT molecular complexity index is 1070. The summed E-state index contributed by atoms with van der Waals surface area (Å²) < 4.78 is 0. The highest BCUT2D eigenvalue weighted by Crippen LogP contribution is 2.31. The summed E-state index contributed by atoms with van der Waals surface area (Å²) >= 11 is 12.2. The molecule has 27 heavy (non-hydrogen) atoms. The molecule has 0 aliphatic rings. The highest BCUT2D eigenvalue weighted by Gasteiger charge is 2.14. The normalized spacial score (nSPS) is 10.6. The summed E-state index contributed by atoms with van der Waals surface area (Å²) in [6.07, 6.45) is 1.62. The Morgan fingerprint density at radius 2 is 1.37 bits per heavy atom. The van der Waals surface area contributed by atoms with E-state index in [-0.39, 0.29) is 10.6 Å². The second-order valence-electron chi connectivity index (χ2n) is 5.67. The summed E-state index contributed by atoms with van der Waals surface area (Å²) in [5.74, 6) is 0.537. The third-order valence-corrected chi connectivity index (χ3v) is 4.19. The molecule has 1 N–H and O–H groups in total. The van der Waals surface area contributed by atoms with E-state index in [1.165, 1.54) is 0 Å². The van der Waals surface area contributed by atoms with Crippen LogP contribution in [0.3, 0.4) is 0 Å². The van der Waals surface area contributed by atoms with Gasteiger partial charge in [-0.1, -0.05) is 48.5 Å². The predicted molar refractivity (Wildman–Crippen MR) is 108 cm³/mol. The highest BCUT2D eigenvalue weighted by atomic mass is 35.5. The van der Waals surface area contributed by atoms with E-state index in [4.69, 9.17) is 23.2 Å². The Hall–Kier alpha value is -3.02. The molecule has 5 nitrogen and oxygen atoms in total. The minimum Gasteiger partial charge on any atom is -0.340 e. The van der Waals surface area contributed by atoms with Crippen molar-refractivity contribution in [3.05, 3.63) is 83.5 Å². The zero-order valence-corrected chi connectivity index (χ0v) is 15.5. The molecule has 2 aromatic heterocycles. The van der Waals surface area contributed by atoms with Gasteiger partial charge in [-0.2, -0.15) is 4.98 Å². The molecule has 0 bridgehead atoms. The molecule has 2 aromatic carbocycles. The van der Waals surface area contributed by atoms with Crippen LogP contribution in [-0.4, -0.2) is 19.9 Å². The van der Waals surface area contributed by atoms with Gasteiger partial charge >= 0.3 is 0 Å². The maximum absolute atomic E-state index is 6.18. The summed E-state index contributed by atoms with van der Waals surface area (Å²) in [4.78, 5) is 17.1. The number of halogens is 2. The van der Waals surface area contributed by atoms with Gasteiger partial charge in [-0.05, 0) is 41.4 Å². The Balaban J connectivity index is 1.81. The van der Waals surface area contributed by atoms with Crippen molar-refractivity contribution in [2.24, 2.45) is 0 Å². The quantitative estimate of drug-likeness (QED) is 0.453. The van der Waals surface area contributed by atoms with E-state index in [1.807, 2.05) is 66.7 Å².